The minimum atomic E-state index is -3.66. The first-order valence-electron chi connectivity index (χ1n) is 5.81. The predicted octanol–water partition coefficient (Wildman–Crippen LogP) is 1.60. The van der Waals surface area contributed by atoms with Crippen LogP contribution in [-0.4, -0.2) is 44.1 Å². The van der Waals surface area contributed by atoms with Gasteiger partial charge in [0.2, 0.25) is 10.0 Å². The van der Waals surface area contributed by atoms with E-state index in [0.29, 0.717) is 23.1 Å². The van der Waals surface area contributed by atoms with Gasteiger partial charge in [-0.1, -0.05) is 0 Å². The van der Waals surface area contributed by atoms with E-state index < -0.39 is 15.6 Å². The number of likely N-dealkylation sites (N-methyl/N-ethyl adjacent to an activating group) is 1. The summed E-state index contributed by atoms with van der Waals surface area (Å²) in [6.45, 7) is -0.162. The molecule has 0 aliphatic heterocycles. The largest absolute Gasteiger partial charge is 0.497 e. The Morgan fingerprint density at radius 3 is 2.58 bits per heavy atom. The smallest absolute Gasteiger partial charge is 0.244 e. The van der Waals surface area contributed by atoms with E-state index in [0.717, 1.165) is 0 Å². The van der Waals surface area contributed by atoms with Gasteiger partial charge in [-0.05, 0) is 40.9 Å². The summed E-state index contributed by atoms with van der Waals surface area (Å²) in [7, 11) is -0.673. The summed E-state index contributed by atoms with van der Waals surface area (Å²) >= 11 is 3.25. The summed E-state index contributed by atoms with van der Waals surface area (Å²) < 4.78 is 32.0. The van der Waals surface area contributed by atoms with Gasteiger partial charge in [-0.15, -0.1) is 0 Å². The SMILES string of the molecule is COc1ccc(Br)c(S(=O)(=O)N(C)C2(CO)CC2)c1. The van der Waals surface area contributed by atoms with Gasteiger partial charge >= 0.3 is 0 Å². The summed E-state index contributed by atoms with van der Waals surface area (Å²) in [6, 6.07) is 4.80. The van der Waals surface area contributed by atoms with Crippen LogP contribution in [-0.2, 0) is 10.0 Å². The van der Waals surface area contributed by atoms with Gasteiger partial charge in [0, 0.05) is 17.6 Å². The first-order valence-corrected chi connectivity index (χ1v) is 8.04. The second-order valence-electron chi connectivity index (χ2n) is 4.65. The van der Waals surface area contributed by atoms with Crippen molar-refractivity contribution in [3.8, 4) is 5.75 Å². The molecule has 1 aliphatic rings. The van der Waals surface area contributed by atoms with E-state index in [1.165, 1.54) is 24.5 Å². The number of halogens is 1. The molecular formula is C12H16BrNO4S. The number of hydrogen-bond acceptors (Lipinski definition) is 4. The third-order valence-electron chi connectivity index (χ3n) is 3.57. The van der Waals surface area contributed by atoms with Crippen LogP contribution in [0.2, 0.25) is 0 Å². The standard InChI is InChI=1S/C12H16BrNO4S/c1-14(12(8-15)5-6-12)19(16,17)11-7-9(18-2)3-4-10(11)13/h3-4,7,15H,5-6,8H2,1-2H3. The molecule has 0 aromatic heterocycles. The molecule has 106 valence electrons. The molecule has 1 N–H and O–H groups in total. The molecular weight excluding hydrogens is 334 g/mol. The van der Waals surface area contributed by atoms with Crippen LogP contribution < -0.4 is 4.74 Å². The molecule has 1 aliphatic carbocycles. The molecule has 0 spiro atoms. The second-order valence-corrected chi connectivity index (χ2v) is 7.44. The van der Waals surface area contributed by atoms with Crippen LogP contribution in [0.5, 0.6) is 5.75 Å². The van der Waals surface area contributed by atoms with E-state index in [1.54, 1.807) is 12.1 Å². The highest BCUT2D eigenvalue weighted by molar-refractivity contribution is 9.10. The minimum absolute atomic E-state index is 0.147. The first-order chi connectivity index (χ1) is 8.87. The summed E-state index contributed by atoms with van der Waals surface area (Å²) in [6.07, 6.45) is 1.36. The Balaban J connectivity index is 2.45. The van der Waals surface area contributed by atoms with Crippen molar-refractivity contribution in [2.75, 3.05) is 20.8 Å². The van der Waals surface area contributed by atoms with Gasteiger partial charge < -0.3 is 9.84 Å². The average molecular weight is 350 g/mol. The van der Waals surface area contributed by atoms with Crippen molar-refractivity contribution >= 4 is 26.0 Å². The average Bonchev–Trinajstić information content (AvgIpc) is 3.19. The van der Waals surface area contributed by atoms with Crippen molar-refractivity contribution in [3.63, 3.8) is 0 Å². The molecule has 1 aromatic rings. The number of aliphatic hydroxyl groups excluding tert-OH is 1. The van der Waals surface area contributed by atoms with Crippen LogP contribution >= 0.6 is 15.9 Å². The second kappa shape index (κ2) is 5.05. The summed E-state index contributed by atoms with van der Waals surface area (Å²) in [5.41, 5.74) is -0.638. The summed E-state index contributed by atoms with van der Waals surface area (Å²) in [4.78, 5) is 0.147. The lowest BCUT2D eigenvalue weighted by Gasteiger charge is -2.26. The van der Waals surface area contributed by atoms with E-state index in [-0.39, 0.29) is 11.5 Å². The van der Waals surface area contributed by atoms with Crippen LogP contribution in [0.25, 0.3) is 0 Å². The van der Waals surface area contributed by atoms with Crippen LogP contribution in [0.3, 0.4) is 0 Å². The van der Waals surface area contributed by atoms with Gasteiger partial charge in [-0.2, -0.15) is 4.31 Å². The molecule has 0 amide bonds. The maximum Gasteiger partial charge on any atom is 0.244 e. The van der Waals surface area contributed by atoms with Crippen molar-refractivity contribution in [1.29, 1.82) is 0 Å². The molecule has 1 fully saturated rings. The van der Waals surface area contributed by atoms with Crippen molar-refractivity contribution in [3.05, 3.63) is 22.7 Å². The number of nitrogens with zero attached hydrogens (tertiary/aromatic N) is 1. The van der Waals surface area contributed by atoms with Crippen LogP contribution in [0.15, 0.2) is 27.6 Å². The third kappa shape index (κ3) is 2.52. The maximum atomic E-state index is 12.6. The zero-order valence-corrected chi connectivity index (χ0v) is 13.2. The Labute approximate surface area is 121 Å². The molecule has 0 bridgehead atoms. The molecule has 0 heterocycles. The minimum Gasteiger partial charge on any atom is -0.497 e. The third-order valence-corrected chi connectivity index (χ3v) is 6.52. The quantitative estimate of drug-likeness (QED) is 0.876. The van der Waals surface area contributed by atoms with Gasteiger partial charge in [0.1, 0.15) is 10.6 Å². The van der Waals surface area contributed by atoms with Crippen LogP contribution in [0.1, 0.15) is 12.8 Å². The Hall–Kier alpha value is -0.630. The lowest BCUT2D eigenvalue weighted by atomic mass is 10.3. The van der Waals surface area contributed by atoms with Gasteiger partial charge in [-0.3, -0.25) is 0 Å². The molecule has 0 atom stereocenters. The van der Waals surface area contributed by atoms with E-state index in [4.69, 9.17) is 4.74 Å². The highest BCUT2D eigenvalue weighted by Crippen LogP contribution is 2.44. The molecule has 0 radical (unpaired) electrons. The van der Waals surface area contributed by atoms with Crippen molar-refractivity contribution in [1.82, 2.24) is 4.31 Å². The van der Waals surface area contributed by atoms with Gasteiger partial charge in [0.05, 0.1) is 19.3 Å². The number of methoxy groups -OCH3 is 1. The number of ether oxygens (including phenoxy) is 1. The van der Waals surface area contributed by atoms with E-state index in [1.807, 2.05) is 0 Å². The van der Waals surface area contributed by atoms with Gasteiger partial charge in [0.25, 0.3) is 0 Å². The van der Waals surface area contributed by atoms with Crippen LogP contribution in [0, 0.1) is 0 Å². The molecule has 0 unspecified atom stereocenters. The molecule has 5 nitrogen and oxygen atoms in total. The van der Waals surface area contributed by atoms with E-state index >= 15 is 0 Å². The molecule has 2 rings (SSSR count). The van der Waals surface area contributed by atoms with Crippen LogP contribution in [0.4, 0.5) is 0 Å². The Morgan fingerprint density at radius 2 is 2.11 bits per heavy atom. The lowest BCUT2D eigenvalue weighted by molar-refractivity contribution is 0.187. The monoisotopic (exact) mass is 349 g/mol. The number of aliphatic hydroxyl groups is 1. The topological polar surface area (TPSA) is 66.8 Å². The first kappa shape index (κ1) is 14.8. The zero-order valence-electron chi connectivity index (χ0n) is 10.8. The fourth-order valence-corrected chi connectivity index (χ4v) is 4.41. The fourth-order valence-electron chi connectivity index (χ4n) is 1.93. The molecule has 0 saturated heterocycles. The van der Waals surface area contributed by atoms with E-state index in [9.17, 15) is 13.5 Å². The summed E-state index contributed by atoms with van der Waals surface area (Å²) in [5.74, 6) is 0.476. The molecule has 7 heteroatoms. The lowest BCUT2D eigenvalue weighted by Crippen LogP contribution is -2.41. The Morgan fingerprint density at radius 1 is 1.47 bits per heavy atom. The van der Waals surface area contributed by atoms with Gasteiger partial charge in [-0.25, -0.2) is 8.42 Å². The van der Waals surface area contributed by atoms with Crippen molar-refractivity contribution in [2.45, 2.75) is 23.3 Å². The molecule has 1 saturated carbocycles. The number of rotatable bonds is 5. The Bertz CT molecular complexity index is 583. The van der Waals surface area contributed by atoms with Crippen molar-refractivity contribution < 1.29 is 18.3 Å². The predicted molar refractivity (Wildman–Crippen MR) is 74.7 cm³/mol. The number of hydrogen-bond donors (Lipinski definition) is 1. The zero-order chi connectivity index (χ0) is 14.3. The molecule has 1 aromatic carbocycles. The Kier molecular flexibility index (Phi) is 3.92. The normalized spacial score (nSPS) is 17.5. The highest BCUT2D eigenvalue weighted by atomic mass is 79.9. The molecule has 19 heavy (non-hydrogen) atoms. The van der Waals surface area contributed by atoms with Crippen molar-refractivity contribution in [2.24, 2.45) is 0 Å². The maximum absolute atomic E-state index is 12.6. The van der Waals surface area contributed by atoms with E-state index in [2.05, 4.69) is 15.9 Å². The number of benzene rings is 1. The van der Waals surface area contributed by atoms with Gasteiger partial charge in [0.15, 0.2) is 0 Å². The fraction of sp³-hybridized carbons (Fsp3) is 0.500. The summed E-state index contributed by atoms with van der Waals surface area (Å²) in [5, 5.41) is 9.36. The highest BCUT2D eigenvalue weighted by Gasteiger charge is 2.51. The number of sulfonamides is 1.